The van der Waals surface area contributed by atoms with Crippen molar-refractivity contribution in [2.45, 2.75) is 32.1 Å². The normalized spacial score (nSPS) is 11.9. The van der Waals surface area contributed by atoms with Crippen LogP contribution in [0.4, 0.5) is 0 Å². The molecule has 0 aromatic rings. The Morgan fingerprint density at radius 3 is 2.25 bits per heavy atom. The Hall–Kier alpha value is -1.85. The number of ether oxygens (including phenoxy) is 3. The smallest absolute Gasteiger partial charge is 0.330 e. The third kappa shape index (κ3) is 8.29. The third-order valence-corrected chi connectivity index (χ3v) is 2.83. The van der Waals surface area contributed by atoms with Gasteiger partial charge in [0.15, 0.2) is 0 Å². The molecule has 1 unspecified atom stereocenters. The van der Waals surface area contributed by atoms with Gasteiger partial charge in [-0.15, -0.1) is 0 Å². The molecule has 0 aromatic carbocycles. The predicted octanol–water partition coefficient (Wildman–Crippen LogP) is 1.63. The minimum atomic E-state index is -0.426. The van der Waals surface area contributed by atoms with Crippen LogP contribution in [0.1, 0.15) is 32.1 Å². The molecule has 114 valence electrons. The van der Waals surface area contributed by atoms with Gasteiger partial charge in [0.05, 0.1) is 27.2 Å². The fourth-order valence-electron chi connectivity index (χ4n) is 1.69. The monoisotopic (exact) mass is 286 g/mol. The van der Waals surface area contributed by atoms with Crippen molar-refractivity contribution >= 4 is 17.9 Å². The topological polar surface area (TPSA) is 78.9 Å². The van der Waals surface area contributed by atoms with E-state index >= 15 is 0 Å². The molecule has 0 aliphatic rings. The number of carbonyl (C=O) groups is 3. The average Bonchev–Trinajstić information content (AvgIpc) is 2.47. The zero-order valence-corrected chi connectivity index (χ0v) is 12.2. The maximum atomic E-state index is 11.6. The Labute approximate surface area is 119 Å². The van der Waals surface area contributed by atoms with Crippen molar-refractivity contribution in [3.8, 4) is 0 Å². The maximum absolute atomic E-state index is 11.6. The van der Waals surface area contributed by atoms with Gasteiger partial charge in [-0.05, 0) is 25.7 Å². The number of carbonyl (C=O) groups excluding carboxylic acids is 3. The molecule has 6 heteroatoms. The molecule has 0 saturated heterocycles. The molecule has 0 aliphatic heterocycles. The van der Waals surface area contributed by atoms with Gasteiger partial charge in [-0.1, -0.05) is 6.08 Å². The number of methoxy groups -OCH3 is 3. The lowest BCUT2D eigenvalue weighted by Gasteiger charge is -2.13. The summed E-state index contributed by atoms with van der Waals surface area (Å²) in [5.74, 6) is -1.31. The molecular formula is C14H22O6. The standard InChI is InChI=1S/C14H22O6/c1-18-12(15)9-5-4-7-11(14(17)20-3)8-6-10-13(16)19-2/h5,9,11H,4,6-8,10H2,1-3H3/b9-5+. The van der Waals surface area contributed by atoms with E-state index in [1.54, 1.807) is 6.08 Å². The summed E-state index contributed by atoms with van der Waals surface area (Å²) >= 11 is 0. The molecule has 0 aromatic heterocycles. The summed E-state index contributed by atoms with van der Waals surface area (Å²) < 4.78 is 13.7. The first kappa shape index (κ1) is 18.1. The van der Waals surface area contributed by atoms with Gasteiger partial charge in [0.1, 0.15) is 0 Å². The van der Waals surface area contributed by atoms with Gasteiger partial charge < -0.3 is 14.2 Å². The molecule has 6 nitrogen and oxygen atoms in total. The maximum Gasteiger partial charge on any atom is 0.330 e. The molecule has 0 heterocycles. The number of rotatable bonds is 9. The lowest BCUT2D eigenvalue weighted by Crippen LogP contribution is -2.16. The number of hydrogen-bond acceptors (Lipinski definition) is 6. The van der Waals surface area contributed by atoms with Crippen LogP contribution in [-0.4, -0.2) is 39.2 Å². The van der Waals surface area contributed by atoms with E-state index in [1.807, 2.05) is 0 Å². The largest absolute Gasteiger partial charge is 0.469 e. The van der Waals surface area contributed by atoms with Gasteiger partial charge in [-0.25, -0.2) is 4.79 Å². The van der Waals surface area contributed by atoms with E-state index < -0.39 is 5.97 Å². The van der Waals surface area contributed by atoms with Crippen LogP contribution in [0.25, 0.3) is 0 Å². The molecule has 0 N–H and O–H groups in total. The second kappa shape index (κ2) is 11.0. The minimum absolute atomic E-state index is 0.280. The fraction of sp³-hybridized carbons (Fsp3) is 0.643. The van der Waals surface area contributed by atoms with Gasteiger partial charge in [0, 0.05) is 12.5 Å². The molecule has 0 bridgehead atoms. The van der Waals surface area contributed by atoms with E-state index in [1.165, 1.54) is 27.4 Å². The van der Waals surface area contributed by atoms with Crippen LogP contribution in [0.2, 0.25) is 0 Å². The molecule has 0 radical (unpaired) electrons. The van der Waals surface area contributed by atoms with Crippen molar-refractivity contribution in [1.29, 1.82) is 0 Å². The van der Waals surface area contributed by atoms with Gasteiger partial charge in [-0.3, -0.25) is 9.59 Å². The van der Waals surface area contributed by atoms with Crippen LogP contribution in [0.5, 0.6) is 0 Å². The van der Waals surface area contributed by atoms with Crippen LogP contribution in [0.3, 0.4) is 0 Å². The van der Waals surface area contributed by atoms with E-state index in [2.05, 4.69) is 9.47 Å². The summed E-state index contributed by atoms with van der Waals surface area (Å²) in [4.78, 5) is 33.5. The average molecular weight is 286 g/mol. The first-order valence-corrected chi connectivity index (χ1v) is 6.44. The summed E-state index contributed by atoms with van der Waals surface area (Å²) in [6, 6.07) is 0. The quantitative estimate of drug-likeness (QED) is 0.364. The van der Waals surface area contributed by atoms with E-state index in [4.69, 9.17) is 4.74 Å². The highest BCUT2D eigenvalue weighted by molar-refractivity contribution is 5.81. The SMILES string of the molecule is COC(=O)/C=C/CCC(CCCC(=O)OC)C(=O)OC. The molecule has 0 saturated carbocycles. The van der Waals surface area contributed by atoms with Crippen LogP contribution in [0, 0.1) is 5.92 Å². The Balaban J connectivity index is 4.15. The highest BCUT2D eigenvalue weighted by Gasteiger charge is 2.18. The molecule has 0 rings (SSSR count). The molecular weight excluding hydrogens is 264 g/mol. The molecule has 0 spiro atoms. The van der Waals surface area contributed by atoms with Crippen molar-refractivity contribution in [3.05, 3.63) is 12.2 Å². The Morgan fingerprint density at radius 1 is 1.00 bits per heavy atom. The van der Waals surface area contributed by atoms with Crippen molar-refractivity contribution in [3.63, 3.8) is 0 Å². The van der Waals surface area contributed by atoms with Gasteiger partial charge >= 0.3 is 17.9 Å². The van der Waals surface area contributed by atoms with Crippen LogP contribution < -0.4 is 0 Å². The van der Waals surface area contributed by atoms with E-state index in [9.17, 15) is 14.4 Å². The molecule has 1 atom stereocenters. The fourth-order valence-corrected chi connectivity index (χ4v) is 1.69. The van der Waals surface area contributed by atoms with Crippen molar-refractivity contribution in [2.24, 2.45) is 5.92 Å². The van der Waals surface area contributed by atoms with Crippen molar-refractivity contribution in [1.82, 2.24) is 0 Å². The van der Waals surface area contributed by atoms with Gasteiger partial charge in [0.2, 0.25) is 0 Å². The molecule has 0 amide bonds. The van der Waals surface area contributed by atoms with E-state index in [-0.39, 0.29) is 24.3 Å². The van der Waals surface area contributed by atoms with Crippen molar-refractivity contribution in [2.75, 3.05) is 21.3 Å². The molecule has 0 fully saturated rings. The van der Waals surface area contributed by atoms with Crippen molar-refractivity contribution < 1.29 is 28.6 Å². The number of hydrogen-bond donors (Lipinski definition) is 0. The summed E-state index contributed by atoms with van der Waals surface area (Å²) in [6.07, 6.45) is 5.49. The molecule has 0 aliphatic carbocycles. The second-order valence-electron chi connectivity index (χ2n) is 4.19. The van der Waals surface area contributed by atoms with Crippen LogP contribution in [-0.2, 0) is 28.6 Å². The van der Waals surface area contributed by atoms with E-state index in [0.29, 0.717) is 25.7 Å². The summed E-state index contributed by atoms with van der Waals surface area (Å²) in [5.41, 5.74) is 0. The Morgan fingerprint density at radius 2 is 1.70 bits per heavy atom. The Kier molecular flexibility index (Phi) is 10.00. The van der Waals surface area contributed by atoms with Gasteiger partial charge in [0.25, 0.3) is 0 Å². The third-order valence-electron chi connectivity index (χ3n) is 2.83. The first-order valence-electron chi connectivity index (χ1n) is 6.44. The lowest BCUT2D eigenvalue weighted by molar-refractivity contribution is -0.146. The lowest BCUT2D eigenvalue weighted by atomic mass is 9.96. The summed E-state index contributed by atoms with van der Waals surface area (Å²) in [6.45, 7) is 0. The van der Waals surface area contributed by atoms with E-state index in [0.717, 1.165) is 0 Å². The summed E-state index contributed by atoms with van der Waals surface area (Å²) in [5, 5.41) is 0. The number of allylic oxidation sites excluding steroid dienone is 1. The predicted molar refractivity (Wildman–Crippen MR) is 71.8 cm³/mol. The molecule has 20 heavy (non-hydrogen) atoms. The highest BCUT2D eigenvalue weighted by Crippen LogP contribution is 2.17. The number of esters is 3. The Bertz CT molecular complexity index is 348. The van der Waals surface area contributed by atoms with Crippen LogP contribution in [0.15, 0.2) is 12.2 Å². The van der Waals surface area contributed by atoms with Gasteiger partial charge in [-0.2, -0.15) is 0 Å². The van der Waals surface area contributed by atoms with Crippen LogP contribution >= 0.6 is 0 Å². The zero-order chi connectivity index (χ0) is 15.4. The second-order valence-corrected chi connectivity index (χ2v) is 4.19. The first-order chi connectivity index (χ1) is 9.54. The highest BCUT2D eigenvalue weighted by atomic mass is 16.5. The minimum Gasteiger partial charge on any atom is -0.469 e. The summed E-state index contributed by atoms with van der Waals surface area (Å²) in [7, 11) is 3.97. The zero-order valence-electron chi connectivity index (χ0n) is 12.2.